The number of hydrogen-bond acceptors (Lipinski definition) is 4. The van der Waals surface area contributed by atoms with E-state index in [1.807, 2.05) is 34.6 Å². The van der Waals surface area contributed by atoms with E-state index in [1.165, 1.54) is 0 Å². The smallest absolute Gasteiger partial charge is 0.348 e. The van der Waals surface area contributed by atoms with Crippen LogP contribution in [0.3, 0.4) is 0 Å². The summed E-state index contributed by atoms with van der Waals surface area (Å²) in [6.45, 7) is 9.74. The Hall–Kier alpha value is -0.580. The van der Waals surface area contributed by atoms with Crippen molar-refractivity contribution >= 4 is 27.9 Å². The summed E-state index contributed by atoms with van der Waals surface area (Å²) >= 11 is 3.30. The molecule has 0 radical (unpaired) electrons. The molecule has 0 spiro atoms. The molecule has 1 fully saturated rings. The van der Waals surface area contributed by atoms with E-state index in [-0.39, 0.29) is 12.0 Å². The van der Waals surface area contributed by atoms with Crippen LogP contribution < -0.4 is 0 Å². The van der Waals surface area contributed by atoms with Crippen molar-refractivity contribution in [2.45, 2.75) is 45.5 Å². The molecule has 0 aliphatic carbocycles. The second-order valence-corrected chi connectivity index (χ2v) is 7.06. The molecule has 0 N–H and O–H groups in total. The summed E-state index contributed by atoms with van der Waals surface area (Å²) in [5, 5.41) is 0. The van der Waals surface area contributed by atoms with Gasteiger partial charge in [-0.25, -0.2) is 4.79 Å². The number of halogens is 1. The van der Waals surface area contributed by atoms with Crippen LogP contribution in [0.4, 0.5) is 0 Å². The number of rotatable bonds is 2. The lowest BCUT2D eigenvalue weighted by Gasteiger charge is -2.27. The SMILES string of the molecule is CC(C)(C)[C@H](Br)C(=O)O[C@H]1C(=O)OCC1(C)C. The molecule has 0 saturated carbocycles. The molecule has 2 atom stereocenters. The van der Waals surface area contributed by atoms with E-state index in [0.29, 0.717) is 0 Å². The van der Waals surface area contributed by atoms with Crippen LogP contribution in [0, 0.1) is 10.8 Å². The van der Waals surface area contributed by atoms with Gasteiger partial charge in [0, 0.05) is 5.41 Å². The van der Waals surface area contributed by atoms with Gasteiger partial charge in [0.15, 0.2) is 0 Å². The topological polar surface area (TPSA) is 52.6 Å². The third-order valence-electron chi connectivity index (χ3n) is 2.71. The predicted molar refractivity (Wildman–Crippen MR) is 66.8 cm³/mol. The number of alkyl halides is 1. The molecule has 0 aromatic rings. The molecule has 4 nitrogen and oxygen atoms in total. The van der Waals surface area contributed by atoms with Crippen molar-refractivity contribution in [1.82, 2.24) is 0 Å². The van der Waals surface area contributed by atoms with Gasteiger partial charge in [-0.05, 0) is 5.41 Å². The van der Waals surface area contributed by atoms with Gasteiger partial charge in [0.1, 0.15) is 11.4 Å². The van der Waals surface area contributed by atoms with Crippen LogP contribution in [0.25, 0.3) is 0 Å². The van der Waals surface area contributed by atoms with E-state index in [2.05, 4.69) is 15.9 Å². The molecule has 1 rings (SSSR count). The van der Waals surface area contributed by atoms with Gasteiger partial charge in [-0.15, -0.1) is 0 Å². The molecule has 1 aliphatic rings. The lowest BCUT2D eigenvalue weighted by atomic mass is 9.89. The Bertz CT molecular complexity index is 330. The highest BCUT2D eigenvalue weighted by Gasteiger charge is 2.47. The van der Waals surface area contributed by atoms with E-state index in [9.17, 15) is 9.59 Å². The zero-order valence-electron chi connectivity index (χ0n) is 10.9. The van der Waals surface area contributed by atoms with Crippen LogP contribution in [-0.2, 0) is 19.1 Å². The molecule has 0 aromatic heterocycles. The zero-order valence-corrected chi connectivity index (χ0v) is 12.5. The summed E-state index contributed by atoms with van der Waals surface area (Å²) < 4.78 is 10.2. The van der Waals surface area contributed by atoms with Gasteiger partial charge < -0.3 is 9.47 Å². The first kappa shape index (κ1) is 14.5. The minimum Gasteiger partial charge on any atom is -0.462 e. The average Bonchev–Trinajstić information content (AvgIpc) is 2.42. The van der Waals surface area contributed by atoms with Gasteiger partial charge in [0.25, 0.3) is 0 Å². The van der Waals surface area contributed by atoms with Crippen LogP contribution in [0.2, 0.25) is 0 Å². The van der Waals surface area contributed by atoms with Gasteiger partial charge in [0.05, 0.1) is 0 Å². The van der Waals surface area contributed by atoms with Crippen molar-refractivity contribution in [3.63, 3.8) is 0 Å². The molecule has 0 unspecified atom stereocenters. The van der Waals surface area contributed by atoms with Gasteiger partial charge in [0.2, 0.25) is 6.10 Å². The minimum absolute atomic E-state index is 0.260. The zero-order chi connectivity index (χ0) is 13.4. The van der Waals surface area contributed by atoms with Crippen LogP contribution in [-0.4, -0.2) is 29.5 Å². The first-order chi connectivity index (χ1) is 7.55. The first-order valence-electron chi connectivity index (χ1n) is 5.57. The molecule has 5 heteroatoms. The number of hydrogen-bond donors (Lipinski definition) is 0. The summed E-state index contributed by atoms with van der Waals surface area (Å²) in [7, 11) is 0. The molecular weight excluding hydrogens is 288 g/mol. The molecule has 1 heterocycles. The summed E-state index contributed by atoms with van der Waals surface area (Å²) in [4.78, 5) is 22.9. The summed E-state index contributed by atoms with van der Waals surface area (Å²) in [5.41, 5.74) is -0.721. The van der Waals surface area contributed by atoms with Crippen LogP contribution in [0.5, 0.6) is 0 Å². The van der Waals surface area contributed by atoms with Crippen molar-refractivity contribution in [3.8, 4) is 0 Å². The van der Waals surface area contributed by atoms with Crippen LogP contribution in [0.1, 0.15) is 34.6 Å². The predicted octanol–water partition coefficient (Wildman–Crippen LogP) is 2.29. The Morgan fingerprint density at radius 2 is 2.06 bits per heavy atom. The molecule has 17 heavy (non-hydrogen) atoms. The maximum atomic E-state index is 11.9. The summed E-state index contributed by atoms with van der Waals surface area (Å²) in [6.07, 6.45) is -0.808. The Morgan fingerprint density at radius 3 is 2.41 bits per heavy atom. The molecule has 98 valence electrons. The first-order valence-corrected chi connectivity index (χ1v) is 6.48. The van der Waals surface area contributed by atoms with Gasteiger partial charge in [-0.2, -0.15) is 0 Å². The fourth-order valence-corrected chi connectivity index (χ4v) is 1.57. The molecule has 0 aromatic carbocycles. The maximum absolute atomic E-state index is 11.9. The van der Waals surface area contributed by atoms with Crippen molar-refractivity contribution < 1.29 is 19.1 Å². The highest BCUT2D eigenvalue weighted by atomic mass is 79.9. The van der Waals surface area contributed by atoms with Crippen molar-refractivity contribution in [3.05, 3.63) is 0 Å². The second kappa shape index (κ2) is 4.59. The normalized spacial score (nSPS) is 25.3. The fourth-order valence-electron chi connectivity index (χ4n) is 1.46. The van der Waals surface area contributed by atoms with E-state index in [0.717, 1.165) is 0 Å². The van der Waals surface area contributed by atoms with E-state index in [4.69, 9.17) is 9.47 Å². The monoisotopic (exact) mass is 306 g/mol. The average molecular weight is 307 g/mol. The van der Waals surface area contributed by atoms with Crippen molar-refractivity contribution in [1.29, 1.82) is 0 Å². The Labute approximate surface area is 110 Å². The number of ether oxygens (including phenoxy) is 2. The van der Waals surface area contributed by atoms with Crippen molar-refractivity contribution in [2.24, 2.45) is 10.8 Å². The Morgan fingerprint density at radius 1 is 1.53 bits per heavy atom. The van der Waals surface area contributed by atoms with Crippen molar-refractivity contribution in [2.75, 3.05) is 6.61 Å². The number of esters is 2. The van der Waals surface area contributed by atoms with Gasteiger partial charge in [-0.3, -0.25) is 4.79 Å². The molecule has 0 amide bonds. The summed E-state index contributed by atoms with van der Waals surface area (Å²) in [5.74, 6) is -0.883. The third kappa shape index (κ3) is 3.21. The highest BCUT2D eigenvalue weighted by molar-refractivity contribution is 9.10. The van der Waals surface area contributed by atoms with E-state index in [1.54, 1.807) is 0 Å². The van der Waals surface area contributed by atoms with E-state index >= 15 is 0 Å². The third-order valence-corrected chi connectivity index (χ3v) is 4.46. The lowest BCUT2D eigenvalue weighted by Crippen LogP contribution is -2.40. The molecular formula is C12H19BrO4. The maximum Gasteiger partial charge on any atom is 0.348 e. The molecule has 0 bridgehead atoms. The number of carbonyl (C=O) groups excluding carboxylic acids is 2. The van der Waals surface area contributed by atoms with Crippen LogP contribution >= 0.6 is 15.9 Å². The molecule has 1 saturated heterocycles. The Balaban J connectivity index is 2.72. The fraction of sp³-hybridized carbons (Fsp3) is 0.833. The largest absolute Gasteiger partial charge is 0.462 e. The van der Waals surface area contributed by atoms with Gasteiger partial charge in [-0.1, -0.05) is 50.5 Å². The minimum atomic E-state index is -0.808. The quantitative estimate of drug-likeness (QED) is 0.580. The second-order valence-electron chi connectivity index (χ2n) is 6.14. The van der Waals surface area contributed by atoms with Gasteiger partial charge >= 0.3 is 11.9 Å². The Kier molecular flexibility index (Phi) is 3.91. The standard InChI is InChI=1S/C12H19BrO4/c1-11(2,3)7(13)9(14)17-8-10(15)16-6-12(8,4)5/h7-8H,6H2,1-5H3/t7-,8+/m1/s1. The number of carbonyl (C=O) groups is 2. The lowest BCUT2D eigenvalue weighted by molar-refractivity contribution is -0.163. The number of cyclic esters (lactones) is 1. The van der Waals surface area contributed by atoms with E-state index < -0.39 is 28.3 Å². The molecule has 1 aliphatic heterocycles. The van der Waals surface area contributed by atoms with Crippen LogP contribution in [0.15, 0.2) is 0 Å². The summed E-state index contributed by atoms with van der Waals surface area (Å²) in [6, 6.07) is 0. The highest BCUT2D eigenvalue weighted by Crippen LogP contribution is 2.33.